The molecule has 4 aliphatic heterocycles. The Morgan fingerprint density at radius 1 is 0.682 bits per heavy atom. The highest BCUT2D eigenvalue weighted by molar-refractivity contribution is 8.77. The maximum atomic E-state index is 14.6. The molecule has 7 atom stereocenters. The van der Waals surface area contributed by atoms with Crippen LogP contribution in [-0.4, -0.2) is 220 Å². The van der Waals surface area contributed by atoms with Gasteiger partial charge in [-0.1, -0.05) is 64.9 Å². The van der Waals surface area contributed by atoms with Gasteiger partial charge < -0.3 is 107 Å². The average molecular weight is 1590 g/mol. The van der Waals surface area contributed by atoms with Gasteiger partial charge in [0.2, 0.25) is 23.6 Å². The van der Waals surface area contributed by atoms with Crippen LogP contribution in [0, 0.1) is 0 Å². The Balaban J connectivity index is 0.990. The molecular weight excluding hydrogens is 1490 g/mol. The third-order valence-corrected chi connectivity index (χ3v) is 22.6. The summed E-state index contributed by atoms with van der Waals surface area (Å²) in [7, 11) is 1.87. The topological polar surface area (TPSA) is 480 Å². The summed E-state index contributed by atoms with van der Waals surface area (Å²) in [5.41, 5.74) is 16.8. The fraction of sp³-hybridized carbons (Fsp3) is 0.452. The van der Waals surface area contributed by atoms with E-state index >= 15 is 0 Å². The lowest BCUT2D eigenvalue weighted by Crippen LogP contribution is -2.58. The Kier molecular flexibility index (Phi) is 29.2. The standard InChI is InChI=1S/C73H92N12O22S3/c1-7-62(86)78-52(34-63(87)88)66(92)79-49(15-12-18-76-72(74)75)65(91)80-53(35-64(89)90)67(93)81-54(71(96)97)39-108-109-73(2,3)40-83(19-20-104-23-24-105-22-21-101-4)45-26-41(37-106-60-32-50-47(30-58(60)102-5)69(94)84-46(36-77-50)28-43-13-8-10-16-55(43)84)25-42(27-45)38-107-61-33-51-48(31-59(61)103-6)70(95)85-56-17-11-9-14-44(56)29-57(85)68(82-51)110(98,99)100/h8-11,13-14,16-17,25-27,30-33,46,49,52-54,57,68,77,82H,7,12,15,18-24,28-29,34-40H2,1-6H3,(H,78,86)(H,79,92)(H,80,91)(H,81,93)(H,87,88)(H,89,90)(H,96,97)(H4,74,75,76)(H,98,99,100)/t46-,49+,52+,53+,54+,57-,68?/m0/s1. The molecular formula is C73H92N12O22S3. The van der Waals surface area contributed by atoms with Crippen LogP contribution in [0.4, 0.5) is 28.4 Å². The number of benzene rings is 5. The van der Waals surface area contributed by atoms with Gasteiger partial charge in [-0.05, 0) is 104 Å². The number of aliphatic imine (C=N–C) groups is 1. The van der Waals surface area contributed by atoms with Crippen molar-refractivity contribution in [2.24, 2.45) is 16.5 Å². The van der Waals surface area contributed by atoms with Crippen molar-refractivity contribution in [3.8, 4) is 23.0 Å². The Hall–Kier alpha value is -10.3. The summed E-state index contributed by atoms with van der Waals surface area (Å²) in [6.45, 7) is 7.11. The molecule has 110 heavy (non-hydrogen) atoms. The monoisotopic (exact) mass is 1580 g/mol. The van der Waals surface area contributed by atoms with E-state index in [2.05, 4.69) is 36.9 Å². The van der Waals surface area contributed by atoms with Crippen molar-refractivity contribution in [1.29, 1.82) is 0 Å². The molecule has 4 aliphatic rings. The van der Waals surface area contributed by atoms with Gasteiger partial charge in [0.15, 0.2) is 34.3 Å². The van der Waals surface area contributed by atoms with E-state index in [0.717, 1.165) is 22.0 Å². The Labute approximate surface area is 642 Å². The molecule has 0 aliphatic carbocycles. The Morgan fingerprint density at radius 2 is 1.22 bits per heavy atom. The minimum Gasteiger partial charge on any atom is -0.493 e. The van der Waals surface area contributed by atoms with Crippen LogP contribution in [0.25, 0.3) is 0 Å². The number of anilines is 5. The fourth-order valence-corrected chi connectivity index (χ4v) is 16.6. The SMILES string of the molecule is CCC(=O)N[C@H](CC(=O)O)C(=O)N[C@H](CCCN=C(N)N)C(=O)N[C@H](CC(=O)O)C(=O)N[C@H](CSSC(C)(C)CN(CCOCCOCCOC)c1cc(COc2cc3c(cc2OC)C(=O)N2c4ccccc4C[C@H]2CN3)cc(COc2cc3c(cc2OC)C(=O)N2c4ccccc4C[C@H]2C(S(=O)(=O)O)N3)c1)C(=O)O. The van der Waals surface area contributed by atoms with Gasteiger partial charge in [0.05, 0.1) is 94.7 Å². The highest BCUT2D eigenvalue weighted by atomic mass is 33.1. The second-order valence-corrected chi connectivity index (χ2v) is 31.4. The number of guanidine groups is 1. The highest BCUT2D eigenvalue weighted by Gasteiger charge is 2.48. The van der Waals surface area contributed by atoms with Crippen molar-refractivity contribution in [1.82, 2.24) is 21.3 Å². The molecule has 37 heteroatoms. The Bertz CT molecular complexity index is 4360. The number of ether oxygens (including phenoxy) is 7. The molecule has 0 saturated carbocycles. The third-order valence-electron chi connectivity index (χ3n) is 18.2. The number of carboxylic acids is 3. The number of para-hydroxylation sites is 2. The molecule has 6 amide bonds. The largest absolute Gasteiger partial charge is 0.493 e. The molecule has 1 unspecified atom stereocenters. The van der Waals surface area contributed by atoms with Crippen molar-refractivity contribution in [3.63, 3.8) is 0 Å². The maximum absolute atomic E-state index is 14.6. The van der Waals surface area contributed by atoms with Gasteiger partial charge in [-0.2, -0.15) is 8.42 Å². The van der Waals surface area contributed by atoms with Gasteiger partial charge in [0.25, 0.3) is 21.9 Å². The number of carbonyl (C=O) groups is 9. The lowest BCUT2D eigenvalue weighted by molar-refractivity contribution is -0.143. The molecule has 34 nitrogen and oxygen atoms in total. The number of hydrogen-bond acceptors (Lipinski definition) is 24. The molecule has 14 N–H and O–H groups in total. The van der Waals surface area contributed by atoms with Crippen molar-refractivity contribution in [2.45, 2.75) is 125 Å². The number of carboxylic acid groups (broad SMARTS) is 3. The lowest BCUT2D eigenvalue weighted by Gasteiger charge is -2.34. The number of nitrogens with zero attached hydrogens (tertiary/aromatic N) is 4. The van der Waals surface area contributed by atoms with Crippen LogP contribution in [0.1, 0.15) is 95.8 Å². The summed E-state index contributed by atoms with van der Waals surface area (Å²) in [4.78, 5) is 129. The Morgan fingerprint density at radius 3 is 1.80 bits per heavy atom. The van der Waals surface area contributed by atoms with E-state index in [1.165, 1.54) is 49.0 Å². The number of rotatable bonds is 42. The van der Waals surface area contributed by atoms with E-state index < -0.39 is 111 Å². The normalized spacial score (nSPS) is 16.5. The van der Waals surface area contributed by atoms with Crippen LogP contribution in [0.15, 0.2) is 96.0 Å². The van der Waals surface area contributed by atoms with E-state index in [4.69, 9.17) is 44.6 Å². The molecule has 5 aromatic rings. The summed E-state index contributed by atoms with van der Waals surface area (Å²) in [5.74, 6) is -9.26. The minimum atomic E-state index is -4.86. The van der Waals surface area contributed by atoms with Crippen molar-refractivity contribution >= 4 is 119 Å². The van der Waals surface area contributed by atoms with Crippen LogP contribution in [0.5, 0.6) is 23.0 Å². The predicted molar refractivity (Wildman–Crippen MR) is 410 cm³/mol. The first-order valence-corrected chi connectivity index (χ1v) is 39.1. The number of methoxy groups -OCH3 is 3. The van der Waals surface area contributed by atoms with E-state index in [9.17, 15) is 71.4 Å². The molecule has 0 aromatic heterocycles. The van der Waals surface area contributed by atoms with E-state index in [0.29, 0.717) is 71.2 Å². The van der Waals surface area contributed by atoms with Crippen molar-refractivity contribution in [2.75, 3.05) is 112 Å². The average Bonchev–Trinajstić information content (AvgIpc) is 1.59. The van der Waals surface area contributed by atoms with Crippen LogP contribution in [0.2, 0.25) is 0 Å². The summed E-state index contributed by atoms with van der Waals surface area (Å²) in [6, 6.07) is 18.6. The van der Waals surface area contributed by atoms with Crippen molar-refractivity contribution < 1.29 is 105 Å². The fourth-order valence-electron chi connectivity index (χ4n) is 13.0. The molecule has 0 spiro atoms. The van der Waals surface area contributed by atoms with E-state index in [1.807, 2.05) is 61.2 Å². The minimum absolute atomic E-state index is 0.0177. The van der Waals surface area contributed by atoms with E-state index in [1.54, 1.807) is 48.4 Å². The third kappa shape index (κ3) is 22.0. The number of nitrogens with two attached hydrogens (primary N) is 2. The number of aliphatic carboxylic acids is 3. The first-order chi connectivity index (χ1) is 52.5. The van der Waals surface area contributed by atoms with Crippen LogP contribution < -0.4 is 77.0 Å². The molecule has 9 rings (SSSR count). The van der Waals surface area contributed by atoms with Gasteiger partial charge in [-0.15, -0.1) is 0 Å². The highest BCUT2D eigenvalue weighted by Crippen LogP contribution is 2.45. The molecule has 4 heterocycles. The van der Waals surface area contributed by atoms with Crippen LogP contribution in [0.3, 0.4) is 0 Å². The lowest BCUT2D eigenvalue weighted by atomic mass is 10.1. The number of amides is 6. The summed E-state index contributed by atoms with van der Waals surface area (Å²) in [5, 5.41) is 44.0. The first-order valence-electron chi connectivity index (χ1n) is 35.2. The van der Waals surface area contributed by atoms with Gasteiger partial charge >= 0.3 is 17.9 Å². The number of carbonyl (C=O) groups excluding carboxylic acids is 6. The zero-order valence-corrected chi connectivity index (χ0v) is 63.9. The molecule has 5 aromatic carbocycles. The summed E-state index contributed by atoms with van der Waals surface area (Å²) >= 11 is 0. The van der Waals surface area contributed by atoms with Gasteiger partial charge in [-0.3, -0.25) is 47.9 Å². The molecule has 0 radical (unpaired) electrons. The maximum Gasteiger partial charge on any atom is 0.327 e. The molecule has 0 saturated heterocycles. The zero-order valence-electron chi connectivity index (χ0n) is 61.4. The second-order valence-electron chi connectivity index (χ2n) is 26.8. The zero-order chi connectivity index (χ0) is 79.6. The van der Waals surface area contributed by atoms with Gasteiger partial charge in [0, 0.05) is 79.4 Å². The smallest absolute Gasteiger partial charge is 0.327 e. The summed E-state index contributed by atoms with van der Waals surface area (Å²) < 4.78 is 78.4. The quantitative estimate of drug-likeness (QED) is 0.00858. The summed E-state index contributed by atoms with van der Waals surface area (Å²) in [6.07, 6.45) is -1.50. The number of nitrogens with one attached hydrogen (secondary N) is 6. The number of fused-ring (bicyclic) bond motifs is 8. The predicted octanol–water partition coefficient (Wildman–Crippen LogP) is 4.15. The van der Waals surface area contributed by atoms with Crippen LogP contribution in [-0.2, 0) is 83.9 Å². The molecule has 0 bridgehead atoms. The van der Waals surface area contributed by atoms with Gasteiger partial charge in [0.1, 0.15) is 37.4 Å². The molecule has 0 fully saturated rings. The van der Waals surface area contributed by atoms with E-state index in [-0.39, 0.29) is 131 Å². The van der Waals surface area contributed by atoms with Gasteiger partial charge in [-0.25, -0.2) is 4.79 Å². The number of hydrogen-bond donors (Lipinski definition) is 12. The first kappa shape index (κ1) is 83.7. The molecule has 594 valence electrons. The second kappa shape index (κ2) is 38.4. The van der Waals surface area contributed by atoms with Crippen LogP contribution >= 0.6 is 21.6 Å². The van der Waals surface area contributed by atoms with Crippen molar-refractivity contribution in [3.05, 3.63) is 124 Å².